The fourth-order valence-corrected chi connectivity index (χ4v) is 0.648. The van der Waals surface area contributed by atoms with Crippen molar-refractivity contribution < 1.29 is 19.5 Å². The molecule has 0 saturated carbocycles. The van der Waals surface area contributed by atoms with Gasteiger partial charge in [0.2, 0.25) is 0 Å². The van der Waals surface area contributed by atoms with E-state index in [1.54, 1.807) is 0 Å². The fraction of sp³-hybridized carbons (Fsp3) is 0.400. The van der Waals surface area contributed by atoms with E-state index in [0.29, 0.717) is 0 Å². The summed E-state index contributed by atoms with van der Waals surface area (Å²) in [5.41, 5.74) is 2.04. The Morgan fingerprint density at radius 1 is 1.64 bits per heavy atom. The van der Waals surface area contributed by atoms with Crippen LogP contribution in [0.5, 0.6) is 0 Å². The molecular weight excluding hydrogens is 152 g/mol. The molecule has 11 heavy (non-hydrogen) atoms. The van der Waals surface area contributed by atoms with Gasteiger partial charge in [-0.15, -0.1) is 0 Å². The van der Waals surface area contributed by atoms with Crippen LogP contribution >= 0.6 is 0 Å². The predicted molar refractivity (Wildman–Crippen MR) is 32.1 cm³/mol. The van der Waals surface area contributed by atoms with Crippen LogP contribution in [0.3, 0.4) is 0 Å². The van der Waals surface area contributed by atoms with Crippen LogP contribution in [0, 0.1) is 0 Å². The van der Waals surface area contributed by atoms with Gasteiger partial charge in [-0.05, 0) is 6.92 Å². The van der Waals surface area contributed by atoms with Gasteiger partial charge < -0.3 is 5.11 Å². The second-order valence-electron chi connectivity index (χ2n) is 2.13. The molecule has 1 rings (SSSR count). The molecule has 0 aliphatic carbocycles. The number of nitrogens with zero attached hydrogens (tertiary/aromatic N) is 1. The van der Waals surface area contributed by atoms with E-state index in [-0.39, 0.29) is 0 Å². The van der Waals surface area contributed by atoms with Gasteiger partial charge in [0.15, 0.2) is 0 Å². The first-order chi connectivity index (χ1) is 5.04. The van der Waals surface area contributed by atoms with Crippen LogP contribution in [0.2, 0.25) is 0 Å². The standard InChI is InChI=1S/C5H6N2O4/c1-2(5(10)11)7-4(9)3(8)6-7/h2H,1H3,(H,6,8)(H,10,11)/t2-/m0/s1. The van der Waals surface area contributed by atoms with Crippen molar-refractivity contribution in [2.75, 3.05) is 0 Å². The summed E-state index contributed by atoms with van der Waals surface area (Å²) in [6, 6.07) is -1.000. The first-order valence-corrected chi connectivity index (χ1v) is 2.91. The minimum atomic E-state index is -1.15. The van der Waals surface area contributed by atoms with Crippen LogP contribution < -0.4 is 5.43 Å². The zero-order valence-electron chi connectivity index (χ0n) is 5.70. The molecule has 1 fully saturated rings. The second-order valence-corrected chi connectivity index (χ2v) is 2.13. The maximum Gasteiger partial charge on any atom is 0.332 e. The Bertz CT molecular complexity index is 237. The molecule has 0 unspecified atom stereocenters. The van der Waals surface area contributed by atoms with Gasteiger partial charge in [-0.25, -0.2) is 9.80 Å². The lowest BCUT2D eigenvalue weighted by atomic mass is 10.3. The molecule has 60 valence electrons. The first kappa shape index (κ1) is 7.52. The van der Waals surface area contributed by atoms with E-state index in [1.807, 2.05) is 5.43 Å². The fourth-order valence-electron chi connectivity index (χ4n) is 0.648. The molecule has 0 aromatic heterocycles. The third kappa shape index (κ3) is 1.02. The SMILES string of the molecule is C[C@@H](C(=O)O)N1NC(=O)C1=O. The number of carboxylic acid groups (broad SMARTS) is 1. The Hall–Kier alpha value is -1.59. The van der Waals surface area contributed by atoms with Gasteiger partial charge in [-0.2, -0.15) is 0 Å². The van der Waals surface area contributed by atoms with E-state index in [2.05, 4.69) is 0 Å². The summed E-state index contributed by atoms with van der Waals surface area (Å²) in [4.78, 5) is 31.1. The van der Waals surface area contributed by atoms with Crippen LogP contribution in [0.25, 0.3) is 0 Å². The summed E-state index contributed by atoms with van der Waals surface area (Å²) in [6.45, 7) is 1.31. The quantitative estimate of drug-likeness (QED) is 0.470. The van der Waals surface area contributed by atoms with E-state index in [4.69, 9.17) is 5.11 Å². The van der Waals surface area contributed by atoms with E-state index < -0.39 is 23.8 Å². The largest absolute Gasteiger partial charge is 0.480 e. The van der Waals surface area contributed by atoms with E-state index >= 15 is 0 Å². The first-order valence-electron chi connectivity index (χ1n) is 2.91. The number of carboxylic acids is 1. The molecule has 0 aromatic rings. The van der Waals surface area contributed by atoms with Gasteiger partial charge in [0.1, 0.15) is 6.04 Å². The summed E-state index contributed by atoms with van der Waals surface area (Å²) in [5, 5.41) is 9.14. The van der Waals surface area contributed by atoms with Crippen LogP contribution in [0.15, 0.2) is 0 Å². The normalized spacial score (nSPS) is 18.8. The Labute approximate surface area is 61.8 Å². The van der Waals surface area contributed by atoms with Crippen LogP contribution in [0.4, 0.5) is 0 Å². The molecule has 0 radical (unpaired) electrons. The molecule has 2 amide bonds. The predicted octanol–water partition coefficient (Wildman–Crippen LogP) is -1.67. The molecule has 1 saturated heterocycles. The number of hydrazine groups is 1. The average molecular weight is 158 g/mol. The minimum absolute atomic E-state index is 0.766. The van der Waals surface area contributed by atoms with Crippen molar-refractivity contribution in [2.24, 2.45) is 0 Å². The average Bonchev–Trinajstić information content (AvgIpc) is 1.98. The van der Waals surface area contributed by atoms with Crippen LogP contribution in [0.1, 0.15) is 6.92 Å². The molecule has 0 spiro atoms. The summed E-state index contributed by atoms with van der Waals surface area (Å²) < 4.78 is 0. The van der Waals surface area contributed by atoms with Crippen LogP contribution in [-0.2, 0) is 14.4 Å². The van der Waals surface area contributed by atoms with E-state index in [0.717, 1.165) is 5.01 Å². The molecule has 1 aliphatic rings. The lowest BCUT2D eigenvalue weighted by Gasteiger charge is -2.32. The molecule has 0 bridgehead atoms. The number of aliphatic carboxylic acids is 1. The third-order valence-corrected chi connectivity index (χ3v) is 1.38. The van der Waals surface area contributed by atoms with Gasteiger partial charge in [0.25, 0.3) is 0 Å². The highest BCUT2D eigenvalue weighted by molar-refractivity contribution is 6.40. The van der Waals surface area contributed by atoms with Crippen molar-refractivity contribution in [3.8, 4) is 0 Å². The lowest BCUT2D eigenvalue weighted by Crippen LogP contribution is -2.67. The Kier molecular flexibility index (Phi) is 1.52. The van der Waals surface area contributed by atoms with Crippen LogP contribution in [-0.4, -0.2) is 33.9 Å². The molecule has 0 aromatic carbocycles. The topological polar surface area (TPSA) is 86.7 Å². The number of nitrogens with one attached hydrogen (secondary N) is 1. The smallest absolute Gasteiger partial charge is 0.332 e. The number of carbonyl (C=O) groups is 3. The third-order valence-electron chi connectivity index (χ3n) is 1.38. The number of rotatable bonds is 2. The van der Waals surface area contributed by atoms with Gasteiger partial charge in [-0.3, -0.25) is 15.0 Å². The van der Waals surface area contributed by atoms with Gasteiger partial charge in [0.05, 0.1) is 0 Å². The Morgan fingerprint density at radius 3 is 2.45 bits per heavy atom. The highest BCUT2D eigenvalue weighted by Crippen LogP contribution is 2.03. The Balaban J connectivity index is 2.59. The molecule has 1 aliphatic heterocycles. The molecule has 2 N–H and O–H groups in total. The van der Waals surface area contributed by atoms with Gasteiger partial charge >= 0.3 is 17.8 Å². The van der Waals surface area contributed by atoms with Crippen molar-refractivity contribution in [3.63, 3.8) is 0 Å². The second kappa shape index (κ2) is 2.22. The summed E-state index contributed by atoms with van der Waals surface area (Å²) in [7, 11) is 0. The molecule has 1 heterocycles. The molecule has 1 atom stereocenters. The lowest BCUT2D eigenvalue weighted by molar-refractivity contribution is -0.171. The molecular formula is C5H6N2O4. The highest BCUT2D eigenvalue weighted by Gasteiger charge is 2.40. The maximum atomic E-state index is 10.6. The summed E-state index contributed by atoms with van der Waals surface area (Å²) in [5.74, 6) is -2.73. The minimum Gasteiger partial charge on any atom is -0.480 e. The number of hydrogen-bond donors (Lipinski definition) is 2. The number of amides is 2. The van der Waals surface area contributed by atoms with Crippen molar-refractivity contribution in [3.05, 3.63) is 0 Å². The zero-order chi connectivity index (χ0) is 8.59. The van der Waals surface area contributed by atoms with Gasteiger partial charge in [-0.1, -0.05) is 0 Å². The zero-order valence-corrected chi connectivity index (χ0v) is 5.70. The van der Waals surface area contributed by atoms with Crippen molar-refractivity contribution in [1.29, 1.82) is 0 Å². The monoisotopic (exact) mass is 158 g/mol. The molecule has 6 nitrogen and oxygen atoms in total. The highest BCUT2D eigenvalue weighted by atomic mass is 16.4. The number of carbonyl (C=O) groups excluding carboxylic acids is 2. The van der Waals surface area contributed by atoms with Crippen molar-refractivity contribution >= 4 is 17.8 Å². The molecule has 6 heteroatoms. The Morgan fingerprint density at radius 2 is 2.18 bits per heavy atom. The van der Waals surface area contributed by atoms with Gasteiger partial charge in [0, 0.05) is 0 Å². The number of hydrogen-bond acceptors (Lipinski definition) is 3. The van der Waals surface area contributed by atoms with E-state index in [1.165, 1.54) is 6.92 Å². The van der Waals surface area contributed by atoms with Crippen molar-refractivity contribution in [2.45, 2.75) is 13.0 Å². The van der Waals surface area contributed by atoms with E-state index in [9.17, 15) is 14.4 Å². The maximum absolute atomic E-state index is 10.6. The van der Waals surface area contributed by atoms with Crippen molar-refractivity contribution in [1.82, 2.24) is 10.4 Å². The summed E-state index contributed by atoms with van der Waals surface area (Å²) in [6.07, 6.45) is 0. The summed E-state index contributed by atoms with van der Waals surface area (Å²) >= 11 is 0.